The van der Waals surface area contributed by atoms with Crippen molar-refractivity contribution in [2.45, 2.75) is 39.0 Å². The summed E-state index contributed by atoms with van der Waals surface area (Å²) < 4.78 is 0. The lowest BCUT2D eigenvalue weighted by molar-refractivity contribution is -0.120. The van der Waals surface area contributed by atoms with Gasteiger partial charge in [-0.25, -0.2) is 4.98 Å². The van der Waals surface area contributed by atoms with Gasteiger partial charge in [0.2, 0.25) is 5.91 Å². The lowest BCUT2D eigenvalue weighted by Crippen LogP contribution is -2.40. The van der Waals surface area contributed by atoms with E-state index in [0.29, 0.717) is 18.9 Å². The molecule has 5 heteroatoms. The summed E-state index contributed by atoms with van der Waals surface area (Å²) >= 11 is 1.66. The molecular weight excluding hydrogens is 330 g/mol. The van der Waals surface area contributed by atoms with Crippen LogP contribution in [0.4, 0.5) is 0 Å². The van der Waals surface area contributed by atoms with Crippen LogP contribution < -0.4 is 5.32 Å². The van der Waals surface area contributed by atoms with E-state index in [1.165, 1.54) is 18.4 Å². The second kappa shape index (κ2) is 8.59. The molecule has 1 fully saturated rings. The molecule has 1 N–H and O–H groups in total. The number of aryl methyl sites for hydroxylation is 2. The van der Waals surface area contributed by atoms with Gasteiger partial charge in [-0.2, -0.15) is 0 Å². The van der Waals surface area contributed by atoms with Crippen molar-refractivity contribution >= 4 is 17.2 Å². The molecule has 25 heavy (non-hydrogen) atoms. The number of likely N-dealkylation sites (tertiary alicyclic amines) is 1. The highest BCUT2D eigenvalue weighted by molar-refractivity contribution is 7.11. The van der Waals surface area contributed by atoms with Gasteiger partial charge in [-0.05, 0) is 44.7 Å². The third-order valence-corrected chi connectivity index (χ3v) is 5.78. The molecular formula is C20H27N3OS. The number of carbonyl (C=O) groups excluding carboxylic acids is 1. The summed E-state index contributed by atoms with van der Waals surface area (Å²) in [6, 6.07) is 10.8. The van der Waals surface area contributed by atoms with E-state index in [4.69, 9.17) is 0 Å². The van der Waals surface area contributed by atoms with Gasteiger partial charge < -0.3 is 10.2 Å². The Labute approximate surface area is 154 Å². The Morgan fingerprint density at radius 3 is 2.84 bits per heavy atom. The number of piperidine rings is 1. The van der Waals surface area contributed by atoms with E-state index in [0.717, 1.165) is 35.2 Å². The van der Waals surface area contributed by atoms with Crippen molar-refractivity contribution in [3.8, 4) is 0 Å². The number of thiazole rings is 1. The van der Waals surface area contributed by atoms with Crippen LogP contribution in [-0.4, -0.2) is 42.0 Å². The highest BCUT2D eigenvalue weighted by Crippen LogP contribution is 2.26. The zero-order valence-corrected chi connectivity index (χ0v) is 15.9. The van der Waals surface area contributed by atoms with E-state index in [9.17, 15) is 4.79 Å². The Kier molecular flexibility index (Phi) is 6.21. The largest absolute Gasteiger partial charge is 0.354 e. The fourth-order valence-electron chi connectivity index (χ4n) is 3.56. The quantitative estimate of drug-likeness (QED) is 0.863. The first-order chi connectivity index (χ1) is 12.1. The van der Waals surface area contributed by atoms with Gasteiger partial charge in [-0.3, -0.25) is 4.79 Å². The predicted molar refractivity (Wildman–Crippen MR) is 103 cm³/mol. The summed E-state index contributed by atoms with van der Waals surface area (Å²) in [5.74, 6) is 0.691. The molecule has 1 aliphatic rings. The number of rotatable bonds is 6. The van der Waals surface area contributed by atoms with E-state index in [1.54, 1.807) is 11.3 Å². The average Bonchev–Trinajstić information content (AvgIpc) is 2.93. The van der Waals surface area contributed by atoms with Crippen molar-refractivity contribution in [1.82, 2.24) is 15.2 Å². The second-order valence-corrected chi connectivity index (χ2v) is 8.22. The maximum atomic E-state index is 12.1. The molecule has 1 saturated heterocycles. The maximum absolute atomic E-state index is 12.1. The van der Waals surface area contributed by atoms with Gasteiger partial charge in [-0.1, -0.05) is 30.3 Å². The third-order valence-electron chi connectivity index (χ3n) is 4.85. The summed E-state index contributed by atoms with van der Waals surface area (Å²) in [7, 11) is 0. The molecule has 0 bridgehead atoms. The van der Waals surface area contributed by atoms with Crippen LogP contribution in [0.25, 0.3) is 0 Å². The van der Waals surface area contributed by atoms with Gasteiger partial charge in [0.05, 0.1) is 17.1 Å². The van der Waals surface area contributed by atoms with Crippen LogP contribution in [0.15, 0.2) is 30.3 Å². The van der Waals surface area contributed by atoms with Gasteiger partial charge >= 0.3 is 0 Å². The highest BCUT2D eigenvalue weighted by atomic mass is 32.1. The molecule has 134 valence electrons. The van der Waals surface area contributed by atoms with Crippen LogP contribution in [0.5, 0.6) is 0 Å². The van der Waals surface area contributed by atoms with Crippen molar-refractivity contribution < 1.29 is 4.79 Å². The van der Waals surface area contributed by atoms with Gasteiger partial charge in [0.25, 0.3) is 0 Å². The molecule has 3 rings (SSSR count). The molecule has 1 aromatic carbocycles. The highest BCUT2D eigenvalue weighted by Gasteiger charge is 2.21. The minimum atomic E-state index is 0.0741. The van der Waals surface area contributed by atoms with Crippen LogP contribution in [-0.2, 0) is 11.2 Å². The number of benzene rings is 1. The van der Waals surface area contributed by atoms with Crippen molar-refractivity contribution in [2.24, 2.45) is 0 Å². The minimum absolute atomic E-state index is 0.0741. The summed E-state index contributed by atoms with van der Waals surface area (Å²) in [4.78, 5) is 20.2. The molecule has 4 nitrogen and oxygen atoms in total. The molecule has 0 saturated carbocycles. The van der Waals surface area contributed by atoms with Crippen LogP contribution in [0.2, 0.25) is 0 Å². The first kappa shape index (κ1) is 18.1. The average molecular weight is 358 g/mol. The fourth-order valence-corrected chi connectivity index (χ4v) is 4.39. The lowest BCUT2D eigenvalue weighted by atomic mass is 9.91. The number of hydrogen-bond acceptors (Lipinski definition) is 4. The number of nitrogens with zero attached hydrogens (tertiary/aromatic N) is 2. The van der Waals surface area contributed by atoms with Crippen LogP contribution in [0.1, 0.15) is 39.9 Å². The molecule has 0 radical (unpaired) electrons. The zero-order chi connectivity index (χ0) is 17.6. The van der Waals surface area contributed by atoms with Crippen molar-refractivity contribution in [3.05, 3.63) is 51.5 Å². The van der Waals surface area contributed by atoms with Gasteiger partial charge in [0.15, 0.2) is 0 Å². The van der Waals surface area contributed by atoms with Gasteiger partial charge in [-0.15, -0.1) is 11.3 Å². The third kappa shape index (κ3) is 5.13. The predicted octanol–water partition coefficient (Wildman–Crippen LogP) is 3.30. The molecule has 1 aliphatic heterocycles. The molecule has 1 aromatic heterocycles. The first-order valence-corrected chi connectivity index (χ1v) is 9.90. The topological polar surface area (TPSA) is 45.2 Å². The molecule has 0 aliphatic carbocycles. The summed E-state index contributed by atoms with van der Waals surface area (Å²) in [6.45, 7) is 7.86. The van der Waals surface area contributed by atoms with E-state index in [-0.39, 0.29) is 5.91 Å². The van der Waals surface area contributed by atoms with E-state index in [2.05, 4.69) is 45.5 Å². The lowest BCUT2D eigenvalue weighted by Gasteiger charge is -2.33. The Morgan fingerprint density at radius 1 is 1.32 bits per heavy atom. The van der Waals surface area contributed by atoms with Gasteiger partial charge in [0.1, 0.15) is 0 Å². The van der Waals surface area contributed by atoms with Crippen molar-refractivity contribution in [3.63, 3.8) is 0 Å². The molecule has 1 amide bonds. The summed E-state index contributed by atoms with van der Waals surface area (Å²) in [6.07, 6.45) is 2.88. The minimum Gasteiger partial charge on any atom is -0.354 e. The summed E-state index contributed by atoms with van der Waals surface area (Å²) in [5.41, 5.74) is 2.35. The van der Waals surface area contributed by atoms with E-state index < -0.39 is 0 Å². The molecule has 0 unspecified atom stereocenters. The van der Waals surface area contributed by atoms with Gasteiger partial charge in [0, 0.05) is 24.5 Å². The Bertz CT molecular complexity index is 698. The van der Waals surface area contributed by atoms with Crippen molar-refractivity contribution in [1.29, 1.82) is 0 Å². The van der Waals surface area contributed by atoms with E-state index in [1.807, 2.05) is 13.8 Å². The standard InChI is InChI=1S/C20H27N3OS/c1-15-19(22-16(2)25-15)13-20(24)21-10-12-23-11-6-9-18(14-23)17-7-4-3-5-8-17/h3-5,7-8,18H,6,9-14H2,1-2H3,(H,21,24)/t18-/m0/s1. The number of nitrogens with one attached hydrogen (secondary N) is 1. The maximum Gasteiger partial charge on any atom is 0.226 e. The molecule has 2 aromatic rings. The molecule has 1 atom stereocenters. The SMILES string of the molecule is Cc1nc(CC(=O)NCCN2CCC[C@H](c3ccccc3)C2)c(C)s1. The normalized spacial score (nSPS) is 18.2. The fraction of sp³-hybridized carbons (Fsp3) is 0.500. The molecule has 0 spiro atoms. The first-order valence-electron chi connectivity index (χ1n) is 9.08. The van der Waals surface area contributed by atoms with Crippen LogP contribution >= 0.6 is 11.3 Å². The Hall–Kier alpha value is -1.72. The monoisotopic (exact) mass is 357 g/mol. The Morgan fingerprint density at radius 2 is 2.12 bits per heavy atom. The van der Waals surface area contributed by atoms with Crippen LogP contribution in [0, 0.1) is 13.8 Å². The summed E-state index contributed by atoms with van der Waals surface area (Å²) in [5, 5.41) is 4.08. The zero-order valence-electron chi connectivity index (χ0n) is 15.1. The smallest absolute Gasteiger partial charge is 0.226 e. The number of hydrogen-bond donors (Lipinski definition) is 1. The van der Waals surface area contributed by atoms with Crippen molar-refractivity contribution in [2.75, 3.05) is 26.2 Å². The van der Waals surface area contributed by atoms with E-state index >= 15 is 0 Å². The number of aromatic nitrogens is 1. The second-order valence-electron chi connectivity index (χ2n) is 6.81. The number of carbonyl (C=O) groups is 1. The number of amides is 1. The molecule has 2 heterocycles. The van der Waals surface area contributed by atoms with Crippen LogP contribution in [0.3, 0.4) is 0 Å². The Balaban J connectivity index is 1.42.